The minimum atomic E-state index is -0.203. The molecule has 0 aliphatic heterocycles. The van der Waals surface area contributed by atoms with Crippen molar-refractivity contribution >= 4 is 23.2 Å². The summed E-state index contributed by atoms with van der Waals surface area (Å²) in [7, 11) is 1.52. The van der Waals surface area contributed by atoms with E-state index in [1.807, 2.05) is 0 Å². The number of H-pyrrole nitrogens is 1. The molecule has 0 aliphatic rings. The minimum Gasteiger partial charge on any atom is -0.495 e. The number of carbonyl (C=O) groups is 1. The molecule has 1 amide bonds. The van der Waals surface area contributed by atoms with Gasteiger partial charge >= 0.3 is 0 Å². The van der Waals surface area contributed by atoms with Crippen molar-refractivity contribution in [3.8, 4) is 5.75 Å². The number of rotatable bonds is 5. The van der Waals surface area contributed by atoms with Gasteiger partial charge in [0.15, 0.2) is 0 Å². The summed E-state index contributed by atoms with van der Waals surface area (Å²) < 4.78 is 5.06. The second kappa shape index (κ2) is 7.28. The number of nitrogens with one attached hydrogen (secondary N) is 2. The lowest BCUT2D eigenvalue weighted by molar-refractivity contribution is -0.116. The van der Waals surface area contributed by atoms with Crippen LogP contribution in [0.15, 0.2) is 23.0 Å². The van der Waals surface area contributed by atoms with E-state index in [9.17, 15) is 9.59 Å². The van der Waals surface area contributed by atoms with E-state index < -0.39 is 0 Å². The van der Waals surface area contributed by atoms with E-state index in [-0.39, 0.29) is 17.9 Å². The van der Waals surface area contributed by atoms with Crippen LogP contribution in [-0.2, 0) is 11.2 Å². The van der Waals surface area contributed by atoms with Crippen LogP contribution in [0.5, 0.6) is 5.75 Å². The molecule has 7 heteroatoms. The van der Waals surface area contributed by atoms with Gasteiger partial charge in [0, 0.05) is 23.4 Å². The highest BCUT2D eigenvalue weighted by molar-refractivity contribution is 6.32. The number of aromatic nitrogens is 2. The first-order valence-corrected chi connectivity index (χ1v) is 7.48. The molecule has 2 N–H and O–H groups in total. The molecule has 1 aromatic carbocycles. The van der Waals surface area contributed by atoms with Crippen LogP contribution in [-0.4, -0.2) is 23.0 Å². The molecule has 2 aromatic rings. The van der Waals surface area contributed by atoms with E-state index in [1.165, 1.54) is 7.11 Å². The largest absolute Gasteiger partial charge is 0.495 e. The number of hydrogen-bond acceptors (Lipinski definition) is 4. The summed E-state index contributed by atoms with van der Waals surface area (Å²) in [5, 5.41) is 3.16. The highest BCUT2D eigenvalue weighted by atomic mass is 35.5. The van der Waals surface area contributed by atoms with E-state index in [4.69, 9.17) is 16.3 Å². The van der Waals surface area contributed by atoms with E-state index in [0.29, 0.717) is 40.0 Å². The molecule has 1 aromatic heterocycles. The van der Waals surface area contributed by atoms with Crippen LogP contribution in [0.4, 0.5) is 5.69 Å². The first-order chi connectivity index (χ1) is 10.9. The average molecular weight is 336 g/mol. The Hall–Kier alpha value is -2.34. The lowest BCUT2D eigenvalue weighted by Gasteiger charge is -2.09. The first-order valence-electron chi connectivity index (χ1n) is 7.10. The number of amides is 1. The maximum absolute atomic E-state index is 12.0. The predicted molar refractivity (Wildman–Crippen MR) is 89.3 cm³/mol. The molecule has 0 spiro atoms. The lowest BCUT2D eigenvalue weighted by Crippen LogP contribution is -2.20. The van der Waals surface area contributed by atoms with Crippen LogP contribution in [0.25, 0.3) is 0 Å². The number of nitrogens with zero attached hydrogens (tertiary/aromatic N) is 1. The highest BCUT2D eigenvalue weighted by Crippen LogP contribution is 2.27. The maximum Gasteiger partial charge on any atom is 0.254 e. The number of halogens is 1. The number of benzene rings is 1. The van der Waals surface area contributed by atoms with Gasteiger partial charge in [0.2, 0.25) is 5.91 Å². The second-order valence-corrected chi connectivity index (χ2v) is 5.52. The molecule has 122 valence electrons. The molecule has 6 nitrogen and oxygen atoms in total. The molecule has 1 heterocycles. The van der Waals surface area contributed by atoms with Gasteiger partial charge in [-0.15, -0.1) is 0 Å². The number of anilines is 1. The number of hydrogen-bond donors (Lipinski definition) is 2. The van der Waals surface area contributed by atoms with Crippen LogP contribution in [0.3, 0.4) is 0 Å². The zero-order valence-electron chi connectivity index (χ0n) is 13.2. The van der Waals surface area contributed by atoms with Crippen molar-refractivity contribution < 1.29 is 9.53 Å². The summed E-state index contributed by atoms with van der Waals surface area (Å²) in [6, 6.07) is 4.99. The summed E-state index contributed by atoms with van der Waals surface area (Å²) in [6.07, 6.45) is 0.502. The van der Waals surface area contributed by atoms with Crippen molar-refractivity contribution in [1.82, 2.24) is 9.97 Å². The van der Waals surface area contributed by atoms with Gasteiger partial charge in [-0.05, 0) is 38.5 Å². The van der Waals surface area contributed by atoms with Gasteiger partial charge in [-0.1, -0.05) is 11.6 Å². The third-order valence-corrected chi connectivity index (χ3v) is 3.67. The normalized spacial score (nSPS) is 10.4. The zero-order valence-corrected chi connectivity index (χ0v) is 14.0. The molecule has 0 unspecified atom stereocenters. The number of aryl methyl sites for hydroxylation is 2. The molecule has 2 rings (SSSR count). The maximum atomic E-state index is 12.0. The zero-order chi connectivity index (χ0) is 17.0. The number of methoxy groups -OCH3 is 1. The summed E-state index contributed by atoms with van der Waals surface area (Å²) in [6.45, 7) is 3.48. The Morgan fingerprint density at radius 1 is 1.39 bits per heavy atom. The average Bonchev–Trinajstić information content (AvgIpc) is 2.46. The van der Waals surface area contributed by atoms with Crippen LogP contribution in [0.1, 0.15) is 23.5 Å². The Morgan fingerprint density at radius 3 is 2.74 bits per heavy atom. The molecule has 0 fully saturated rings. The second-order valence-electron chi connectivity index (χ2n) is 5.11. The molecule has 0 bridgehead atoms. The van der Waals surface area contributed by atoms with Crippen LogP contribution in [0.2, 0.25) is 5.02 Å². The summed E-state index contributed by atoms with van der Waals surface area (Å²) in [4.78, 5) is 30.8. The minimum absolute atomic E-state index is 0.179. The molecule has 0 saturated carbocycles. The van der Waals surface area contributed by atoms with Gasteiger partial charge in [0.05, 0.1) is 12.1 Å². The van der Waals surface area contributed by atoms with Gasteiger partial charge in [0.1, 0.15) is 11.6 Å². The predicted octanol–water partition coefficient (Wildman–Crippen LogP) is 2.62. The molecule has 0 atom stereocenters. The smallest absolute Gasteiger partial charge is 0.254 e. The van der Waals surface area contributed by atoms with E-state index in [2.05, 4.69) is 15.3 Å². The number of ether oxygens (including phenoxy) is 1. The Labute approximate surface area is 138 Å². The first kappa shape index (κ1) is 17.0. The van der Waals surface area contributed by atoms with Crippen molar-refractivity contribution in [2.24, 2.45) is 0 Å². The summed E-state index contributed by atoms with van der Waals surface area (Å²) in [5.41, 5.74) is 1.55. The standard InChI is InChI=1S/C16H18ClN3O3/c1-9-12(16(22)19-10(2)18-9)5-7-15(21)20-11-4-6-14(23-3)13(17)8-11/h4,6,8H,5,7H2,1-3H3,(H,20,21)(H,18,19,22). The van der Waals surface area contributed by atoms with Crippen LogP contribution in [0, 0.1) is 13.8 Å². The van der Waals surface area contributed by atoms with Crippen LogP contribution < -0.4 is 15.6 Å². The number of carbonyl (C=O) groups excluding carboxylic acids is 1. The van der Waals surface area contributed by atoms with E-state index in [1.54, 1.807) is 32.0 Å². The van der Waals surface area contributed by atoms with E-state index >= 15 is 0 Å². The van der Waals surface area contributed by atoms with E-state index in [0.717, 1.165) is 0 Å². The lowest BCUT2D eigenvalue weighted by atomic mass is 10.1. The Bertz CT molecular complexity index is 787. The topological polar surface area (TPSA) is 84.1 Å². The van der Waals surface area contributed by atoms with Gasteiger partial charge in [-0.2, -0.15) is 0 Å². The molecule has 23 heavy (non-hydrogen) atoms. The third-order valence-electron chi connectivity index (χ3n) is 3.38. The Balaban J connectivity index is 2.01. The Kier molecular flexibility index (Phi) is 5.39. The third kappa shape index (κ3) is 4.32. The van der Waals surface area contributed by atoms with Crippen molar-refractivity contribution in [2.75, 3.05) is 12.4 Å². The van der Waals surface area contributed by atoms with Crippen molar-refractivity contribution in [3.05, 3.63) is 50.7 Å². The SMILES string of the molecule is COc1ccc(NC(=O)CCc2c(C)nc(C)[nH]c2=O)cc1Cl. The van der Waals surface area contributed by atoms with Gasteiger partial charge < -0.3 is 15.0 Å². The monoisotopic (exact) mass is 335 g/mol. The molecular formula is C16H18ClN3O3. The Morgan fingerprint density at radius 2 is 2.13 bits per heavy atom. The molecule has 0 radical (unpaired) electrons. The fraction of sp³-hybridized carbons (Fsp3) is 0.312. The fourth-order valence-electron chi connectivity index (χ4n) is 2.25. The summed E-state index contributed by atoms with van der Waals surface area (Å²) >= 11 is 6.01. The van der Waals surface area contributed by atoms with Gasteiger partial charge in [0.25, 0.3) is 5.56 Å². The van der Waals surface area contributed by atoms with Crippen molar-refractivity contribution in [1.29, 1.82) is 0 Å². The molecular weight excluding hydrogens is 318 g/mol. The van der Waals surface area contributed by atoms with Gasteiger partial charge in [-0.3, -0.25) is 9.59 Å². The fourth-order valence-corrected chi connectivity index (χ4v) is 2.51. The summed E-state index contributed by atoms with van der Waals surface area (Å²) in [5.74, 6) is 0.900. The van der Waals surface area contributed by atoms with Crippen molar-refractivity contribution in [2.45, 2.75) is 26.7 Å². The molecule has 0 saturated heterocycles. The highest BCUT2D eigenvalue weighted by Gasteiger charge is 2.10. The van der Waals surface area contributed by atoms with Crippen molar-refractivity contribution in [3.63, 3.8) is 0 Å². The molecule has 0 aliphatic carbocycles. The van der Waals surface area contributed by atoms with Crippen LogP contribution >= 0.6 is 11.6 Å². The number of aromatic amines is 1. The van der Waals surface area contributed by atoms with Gasteiger partial charge in [-0.25, -0.2) is 4.98 Å². The quantitative estimate of drug-likeness (QED) is 0.879.